The van der Waals surface area contributed by atoms with E-state index in [1.165, 1.54) is 0 Å². The zero-order valence-corrected chi connectivity index (χ0v) is 15.4. The number of rotatable bonds is 6. The van der Waals surface area contributed by atoms with Crippen molar-refractivity contribution in [2.75, 3.05) is 7.05 Å². The number of hydrogen-bond donors (Lipinski definition) is 1. The molecule has 0 saturated heterocycles. The Bertz CT molecular complexity index is 798. The molecule has 2 rings (SSSR count). The highest BCUT2D eigenvalue weighted by Gasteiger charge is 2.34. The fraction of sp³-hybridized carbons (Fsp3) is 0.421. The summed E-state index contributed by atoms with van der Waals surface area (Å²) < 4.78 is 7.85. The van der Waals surface area contributed by atoms with E-state index >= 15 is 0 Å². The van der Waals surface area contributed by atoms with Crippen LogP contribution in [-0.2, 0) is 23.2 Å². The lowest BCUT2D eigenvalue weighted by molar-refractivity contribution is -0.128. The Morgan fingerprint density at radius 2 is 1.92 bits per heavy atom. The molecule has 0 unspecified atom stereocenters. The van der Waals surface area contributed by atoms with Gasteiger partial charge in [0.15, 0.2) is 11.4 Å². The number of aryl methyl sites for hydroxylation is 1. The number of carbonyl (C=O) groups is 1. The van der Waals surface area contributed by atoms with Crippen LogP contribution in [0, 0.1) is 6.57 Å². The molecule has 1 heterocycles. The van der Waals surface area contributed by atoms with Crippen LogP contribution in [0.15, 0.2) is 24.3 Å². The molecular formula is C19H24N4O2. The second-order valence-corrected chi connectivity index (χ2v) is 6.19. The average molecular weight is 340 g/mol. The quantitative estimate of drug-likeness (QED) is 0.813. The Morgan fingerprint density at radius 1 is 1.28 bits per heavy atom. The standard InChI is InChI=1S/C19H24N4O2/c1-7-15-17(25-14-11-9-13(20-5)10-12-14)16(8-2)23(22-15)19(3,4)18(24)21-6/h9-12H,7-8H2,1-4,6H3,(H,21,24). The van der Waals surface area contributed by atoms with Gasteiger partial charge in [-0.15, -0.1) is 0 Å². The van der Waals surface area contributed by atoms with Gasteiger partial charge in [-0.05, 0) is 38.8 Å². The second kappa shape index (κ2) is 7.39. The van der Waals surface area contributed by atoms with E-state index < -0.39 is 5.54 Å². The van der Waals surface area contributed by atoms with Gasteiger partial charge < -0.3 is 10.1 Å². The minimum Gasteiger partial charge on any atom is -0.454 e. The zero-order valence-electron chi connectivity index (χ0n) is 15.4. The molecule has 6 nitrogen and oxygen atoms in total. The highest BCUT2D eigenvalue weighted by atomic mass is 16.5. The van der Waals surface area contributed by atoms with Gasteiger partial charge in [-0.2, -0.15) is 5.10 Å². The fourth-order valence-corrected chi connectivity index (χ4v) is 2.72. The highest BCUT2D eigenvalue weighted by molar-refractivity contribution is 5.83. The summed E-state index contributed by atoms with van der Waals surface area (Å²) in [6.07, 6.45) is 1.38. The van der Waals surface area contributed by atoms with Gasteiger partial charge >= 0.3 is 0 Å². The van der Waals surface area contributed by atoms with E-state index in [0.717, 1.165) is 11.4 Å². The Labute approximate surface area is 148 Å². The lowest BCUT2D eigenvalue weighted by atomic mass is 10.0. The zero-order chi connectivity index (χ0) is 18.6. The van der Waals surface area contributed by atoms with E-state index in [1.54, 1.807) is 36.0 Å². The highest BCUT2D eigenvalue weighted by Crippen LogP contribution is 2.34. The molecular weight excluding hydrogens is 316 g/mol. The number of ether oxygens (including phenoxy) is 1. The maximum Gasteiger partial charge on any atom is 0.247 e. The predicted molar refractivity (Wildman–Crippen MR) is 97.1 cm³/mol. The summed E-state index contributed by atoms with van der Waals surface area (Å²) in [5.74, 6) is 1.23. The summed E-state index contributed by atoms with van der Waals surface area (Å²) in [5.41, 5.74) is 1.43. The van der Waals surface area contributed by atoms with Gasteiger partial charge in [-0.25, -0.2) is 4.85 Å². The fourth-order valence-electron chi connectivity index (χ4n) is 2.72. The molecule has 132 valence electrons. The largest absolute Gasteiger partial charge is 0.454 e. The lowest BCUT2D eigenvalue weighted by Crippen LogP contribution is -2.44. The number of aromatic nitrogens is 2. The van der Waals surface area contributed by atoms with Crippen LogP contribution in [0.25, 0.3) is 4.85 Å². The molecule has 0 spiro atoms. The predicted octanol–water partition coefficient (Wildman–Crippen LogP) is 3.83. The molecule has 1 aromatic heterocycles. The van der Waals surface area contributed by atoms with Crippen LogP contribution in [0.2, 0.25) is 0 Å². The first-order valence-corrected chi connectivity index (χ1v) is 8.37. The average Bonchev–Trinajstić information content (AvgIpc) is 2.99. The molecule has 0 atom stereocenters. The summed E-state index contributed by atoms with van der Waals surface area (Å²) in [6.45, 7) is 14.7. The van der Waals surface area contributed by atoms with Crippen molar-refractivity contribution in [1.29, 1.82) is 0 Å². The van der Waals surface area contributed by atoms with Gasteiger partial charge in [-0.1, -0.05) is 26.0 Å². The van der Waals surface area contributed by atoms with Crippen molar-refractivity contribution in [3.05, 3.63) is 47.1 Å². The molecule has 0 aliphatic heterocycles. The minimum absolute atomic E-state index is 0.111. The molecule has 0 aliphatic rings. The smallest absolute Gasteiger partial charge is 0.247 e. The van der Waals surface area contributed by atoms with E-state index in [0.29, 0.717) is 30.0 Å². The third-order valence-corrected chi connectivity index (χ3v) is 4.17. The van der Waals surface area contributed by atoms with Gasteiger partial charge in [-0.3, -0.25) is 9.48 Å². The number of benzene rings is 1. The maximum atomic E-state index is 12.3. The second-order valence-electron chi connectivity index (χ2n) is 6.19. The van der Waals surface area contributed by atoms with Crippen LogP contribution in [0.4, 0.5) is 5.69 Å². The molecule has 2 aromatic rings. The van der Waals surface area contributed by atoms with Crippen LogP contribution < -0.4 is 10.1 Å². The van der Waals surface area contributed by atoms with Gasteiger partial charge in [0.1, 0.15) is 17.0 Å². The molecule has 0 bridgehead atoms. The van der Waals surface area contributed by atoms with Crippen molar-refractivity contribution >= 4 is 11.6 Å². The van der Waals surface area contributed by atoms with Crippen molar-refractivity contribution in [2.45, 2.75) is 46.1 Å². The molecule has 0 saturated carbocycles. The summed E-state index contributed by atoms with van der Waals surface area (Å²) in [5, 5.41) is 7.35. The van der Waals surface area contributed by atoms with Crippen LogP contribution in [0.3, 0.4) is 0 Å². The minimum atomic E-state index is -0.820. The van der Waals surface area contributed by atoms with Gasteiger partial charge in [0, 0.05) is 7.05 Å². The summed E-state index contributed by atoms with van der Waals surface area (Å²) in [7, 11) is 1.62. The van der Waals surface area contributed by atoms with Crippen molar-refractivity contribution in [1.82, 2.24) is 15.1 Å². The number of carbonyl (C=O) groups excluding carboxylic acids is 1. The number of likely N-dealkylation sites (N-methyl/N-ethyl adjacent to an activating group) is 1. The molecule has 1 aromatic carbocycles. The first-order valence-electron chi connectivity index (χ1n) is 8.37. The Morgan fingerprint density at radius 3 is 2.40 bits per heavy atom. The van der Waals surface area contributed by atoms with E-state index in [4.69, 9.17) is 11.3 Å². The third kappa shape index (κ3) is 3.50. The Kier molecular flexibility index (Phi) is 5.48. The van der Waals surface area contributed by atoms with Crippen LogP contribution >= 0.6 is 0 Å². The van der Waals surface area contributed by atoms with E-state index in [9.17, 15) is 4.79 Å². The van der Waals surface area contributed by atoms with E-state index in [2.05, 4.69) is 15.3 Å². The maximum absolute atomic E-state index is 12.3. The van der Waals surface area contributed by atoms with E-state index in [1.807, 2.05) is 27.7 Å². The Balaban J connectivity index is 2.50. The summed E-state index contributed by atoms with van der Waals surface area (Å²) in [6, 6.07) is 6.98. The molecule has 0 aliphatic carbocycles. The number of hydrogen-bond acceptors (Lipinski definition) is 3. The normalized spacial score (nSPS) is 11.0. The van der Waals surface area contributed by atoms with Crippen molar-refractivity contribution in [2.24, 2.45) is 0 Å². The van der Waals surface area contributed by atoms with Crippen molar-refractivity contribution < 1.29 is 9.53 Å². The molecule has 1 N–H and O–H groups in total. The SMILES string of the molecule is [C-]#[N+]c1ccc(Oc2c(CC)nn(C(C)(C)C(=O)NC)c2CC)cc1. The molecule has 1 amide bonds. The van der Waals surface area contributed by atoms with Crippen molar-refractivity contribution in [3.8, 4) is 11.5 Å². The third-order valence-electron chi connectivity index (χ3n) is 4.17. The van der Waals surface area contributed by atoms with Gasteiger partial charge in [0.25, 0.3) is 0 Å². The van der Waals surface area contributed by atoms with Gasteiger partial charge in [0.2, 0.25) is 5.91 Å². The molecule has 25 heavy (non-hydrogen) atoms. The molecule has 6 heteroatoms. The number of amides is 1. The number of nitrogens with zero attached hydrogens (tertiary/aromatic N) is 3. The Hall–Kier alpha value is -2.81. The first-order chi connectivity index (χ1) is 11.9. The van der Waals surface area contributed by atoms with E-state index in [-0.39, 0.29) is 5.91 Å². The monoisotopic (exact) mass is 340 g/mol. The summed E-state index contributed by atoms with van der Waals surface area (Å²) in [4.78, 5) is 15.7. The molecule has 0 fully saturated rings. The van der Waals surface area contributed by atoms with Gasteiger partial charge in [0.05, 0.1) is 12.3 Å². The van der Waals surface area contributed by atoms with Crippen LogP contribution in [0.1, 0.15) is 39.1 Å². The summed E-state index contributed by atoms with van der Waals surface area (Å²) >= 11 is 0. The van der Waals surface area contributed by atoms with Crippen LogP contribution in [0.5, 0.6) is 11.5 Å². The lowest BCUT2D eigenvalue weighted by Gasteiger charge is -2.25. The first kappa shape index (κ1) is 18.5. The van der Waals surface area contributed by atoms with Crippen LogP contribution in [-0.4, -0.2) is 22.7 Å². The topological polar surface area (TPSA) is 60.5 Å². The number of nitrogens with one attached hydrogen (secondary N) is 1. The molecule has 0 radical (unpaired) electrons. The van der Waals surface area contributed by atoms with Crippen molar-refractivity contribution in [3.63, 3.8) is 0 Å².